The van der Waals surface area contributed by atoms with Crippen LogP contribution in [-0.4, -0.2) is 48.5 Å². The van der Waals surface area contributed by atoms with Crippen molar-refractivity contribution >= 4 is 0 Å². The van der Waals surface area contributed by atoms with Gasteiger partial charge in [0.25, 0.3) is 0 Å². The Labute approximate surface area is 68.0 Å². The van der Waals surface area contributed by atoms with E-state index in [1.54, 1.807) is 7.11 Å². The Morgan fingerprint density at radius 2 is 2.00 bits per heavy atom. The van der Waals surface area contributed by atoms with Gasteiger partial charge in [0.2, 0.25) is 0 Å². The summed E-state index contributed by atoms with van der Waals surface area (Å²) in [4.78, 5) is 2.22. The van der Waals surface area contributed by atoms with Gasteiger partial charge < -0.3 is 9.84 Å². The molecular weight excluding hydrogens is 142 g/mol. The number of likely N-dealkylation sites (tertiary alicyclic amines) is 1. The predicted molar refractivity (Wildman–Crippen MR) is 43.5 cm³/mol. The van der Waals surface area contributed by atoms with Crippen molar-refractivity contribution in [2.45, 2.75) is 32.1 Å². The molecule has 1 heterocycles. The fourth-order valence-corrected chi connectivity index (χ4v) is 1.26. The first kappa shape index (κ1) is 8.97. The first-order chi connectivity index (χ1) is 5.15. The minimum absolute atomic E-state index is 0.243. The topological polar surface area (TPSA) is 32.7 Å². The summed E-state index contributed by atoms with van der Waals surface area (Å²) in [5, 5.41) is 9.23. The standard InChI is InChI=1S/C8H17NO2/c1-6(7(2)10)9-4-8(5-9)11-3/h6-8,10H,4-5H2,1-3H3. The van der Waals surface area contributed by atoms with Crippen molar-refractivity contribution < 1.29 is 9.84 Å². The molecule has 1 saturated heterocycles. The zero-order valence-corrected chi connectivity index (χ0v) is 7.45. The second kappa shape index (κ2) is 3.52. The molecule has 0 aromatic rings. The Balaban J connectivity index is 2.21. The van der Waals surface area contributed by atoms with Crippen molar-refractivity contribution in [3.05, 3.63) is 0 Å². The van der Waals surface area contributed by atoms with Gasteiger partial charge in [-0.3, -0.25) is 4.90 Å². The molecule has 0 amide bonds. The van der Waals surface area contributed by atoms with E-state index in [4.69, 9.17) is 4.74 Å². The summed E-state index contributed by atoms with van der Waals surface area (Å²) >= 11 is 0. The maximum atomic E-state index is 9.23. The third-order valence-electron chi connectivity index (χ3n) is 2.48. The number of hydrogen-bond acceptors (Lipinski definition) is 3. The van der Waals surface area contributed by atoms with Crippen LogP contribution in [0.5, 0.6) is 0 Å². The van der Waals surface area contributed by atoms with Gasteiger partial charge in [-0.25, -0.2) is 0 Å². The van der Waals surface area contributed by atoms with E-state index >= 15 is 0 Å². The number of nitrogens with zero attached hydrogens (tertiary/aromatic N) is 1. The summed E-state index contributed by atoms with van der Waals surface area (Å²) < 4.78 is 5.12. The average molecular weight is 159 g/mol. The molecule has 0 spiro atoms. The molecular formula is C8H17NO2. The molecule has 0 aromatic carbocycles. The molecule has 2 atom stereocenters. The lowest BCUT2D eigenvalue weighted by Gasteiger charge is -2.43. The number of aliphatic hydroxyl groups is 1. The fourth-order valence-electron chi connectivity index (χ4n) is 1.26. The quantitative estimate of drug-likeness (QED) is 0.633. The highest BCUT2D eigenvalue weighted by Crippen LogP contribution is 2.16. The van der Waals surface area contributed by atoms with Gasteiger partial charge >= 0.3 is 0 Å². The van der Waals surface area contributed by atoms with E-state index in [0.29, 0.717) is 6.10 Å². The molecule has 0 bridgehead atoms. The van der Waals surface area contributed by atoms with Crippen LogP contribution in [0, 0.1) is 0 Å². The van der Waals surface area contributed by atoms with Gasteiger partial charge in [0.1, 0.15) is 0 Å². The van der Waals surface area contributed by atoms with Crippen LogP contribution >= 0.6 is 0 Å². The summed E-state index contributed by atoms with van der Waals surface area (Å²) in [7, 11) is 1.73. The van der Waals surface area contributed by atoms with Gasteiger partial charge in [-0.05, 0) is 13.8 Å². The lowest BCUT2D eigenvalue weighted by atomic mass is 10.1. The molecule has 1 aliphatic rings. The third-order valence-corrected chi connectivity index (χ3v) is 2.48. The molecule has 1 fully saturated rings. The minimum Gasteiger partial charge on any atom is -0.392 e. The fraction of sp³-hybridized carbons (Fsp3) is 1.00. The zero-order chi connectivity index (χ0) is 8.43. The van der Waals surface area contributed by atoms with E-state index in [2.05, 4.69) is 4.90 Å². The summed E-state index contributed by atoms with van der Waals surface area (Å²) in [6.07, 6.45) is 0.143. The first-order valence-electron chi connectivity index (χ1n) is 4.10. The molecule has 3 nitrogen and oxygen atoms in total. The molecule has 11 heavy (non-hydrogen) atoms. The number of ether oxygens (including phenoxy) is 1. The van der Waals surface area contributed by atoms with Crippen LogP contribution in [0.3, 0.4) is 0 Å². The van der Waals surface area contributed by atoms with E-state index in [1.807, 2.05) is 13.8 Å². The largest absolute Gasteiger partial charge is 0.392 e. The van der Waals surface area contributed by atoms with E-state index in [0.717, 1.165) is 13.1 Å². The summed E-state index contributed by atoms with van der Waals surface area (Å²) in [5.41, 5.74) is 0. The highest BCUT2D eigenvalue weighted by Gasteiger charge is 2.31. The van der Waals surface area contributed by atoms with Crippen molar-refractivity contribution in [1.29, 1.82) is 0 Å². The van der Waals surface area contributed by atoms with Crippen molar-refractivity contribution in [3.8, 4) is 0 Å². The van der Waals surface area contributed by atoms with E-state index < -0.39 is 0 Å². The van der Waals surface area contributed by atoms with E-state index in [9.17, 15) is 5.11 Å². The van der Waals surface area contributed by atoms with Gasteiger partial charge in [0.15, 0.2) is 0 Å². The second-order valence-electron chi connectivity index (χ2n) is 3.29. The average Bonchev–Trinajstić information content (AvgIpc) is 1.85. The molecule has 1 aliphatic heterocycles. The highest BCUT2D eigenvalue weighted by atomic mass is 16.5. The Hall–Kier alpha value is -0.120. The smallest absolute Gasteiger partial charge is 0.0825 e. The van der Waals surface area contributed by atoms with Crippen LogP contribution in [0.15, 0.2) is 0 Å². The van der Waals surface area contributed by atoms with Gasteiger partial charge in [-0.15, -0.1) is 0 Å². The molecule has 0 aromatic heterocycles. The third kappa shape index (κ3) is 1.92. The second-order valence-corrected chi connectivity index (χ2v) is 3.29. The van der Waals surface area contributed by atoms with Crippen molar-refractivity contribution in [2.75, 3.05) is 20.2 Å². The lowest BCUT2D eigenvalue weighted by molar-refractivity contribution is -0.0697. The molecule has 0 radical (unpaired) electrons. The number of methoxy groups -OCH3 is 1. The van der Waals surface area contributed by atoms with Crippen LogP contribution in [0.25, 0.3) is 0 Å². The summed E-state index contributed by atoms with van der Waals surface area (Å²) in [6, 6.07) is 0.265. The van der Waals surface area contributed by atoms with Crippen LogP contribution in [0.1, 0.15) is 13.8 Å². The van der Waals surface area contributed by atoms with Crippen molar-refractivity contribution in [3.63, 3.8) is 0 Å². The van der Waals surface area contributed by atoms with Crippen LogP contribution in [-0.2, 0) is 4.74 Å². The number of aliphatic hydroxyl groups excluding tert-OH is 1. The van der Waals surface area contributed by atoms with Crippen LogP contribution in [0.2, 0.25) is 0 Å². The Kier molecular flexibility index (Phi) is 2.87. The van der Waals surface area contributed by atoms with Gasteiger partial charge in [0, 0.05) is 26.2 Å². The van der Waals surface area contributed by atoms with E-state index in [1.165, 1.54) is 0 Å². The van der Waals surface area contributed by atoms with Crippen LogP contribution in [0.4, 0.5) is 0 Å². The lowest BCUT2D eigenvalue weighted by Crippen LogP contribution is -2.57. The number of rotatable bonds is 3. The Morgan fingerprint density at radius 1 is 1.45 bits per heavy atom. The van der Waals surface area contributed by atoms with Crippen molar-refractivity contribution in [2.24, 2.45) is 0 Å². The zero-order valence-electron chi connectivity index (χ0n) is 7.45. The summed E-state index contributed by atoms with van der Waals surface area (Å²) in [5.74, 6) is 0. The van der Waals surface area contributed by atoms with E-state index in [-0.39, 0.29) is 12.1 Å². The molecule has 2 unspecified atom stereocenters. The molecule has 0 saturated carbocycles. The molecule has 0 aliphatic carbocycles. The maximum absolute atomic E-state index is 9.23. The molecule has 66 valence electrons. The molecule has 3 heteroatoms. The SMILES string of the molecule is COC1CN(C(C)C(C)O)C1. The molecule has 1 N–H and O–H groups in total. The van der Waals surface area contributed by atoms with Crippen molar-refractivity contribution in [1.82, 2.24) is 4.90 Å². The first-order valence-corrected chi connectivity index (χ1v) is 4.10. The monoisotopic (exact) mass is 159 g/mol. The van der Waals surface area contributed by atoms with Gasteiger partial charge in [-0.1, -0.05) is 0 Å². The number of hydrogen-bond donors (Lipinski definition) is 1. The van der Waals surface area contributed by atoms with Crippen LogP contribution < -0.4 is 0 Å². The highest BCUT2D eigenvalue weighted by molar-refractivity contribution is 4.85. The molecule has 1 rings (SSSR count). The predicted octanol–water partition coefficient (Wildman–Crippen LogP) is 0.0863. The van der Waals surface area contributed by atoms with Gasteiger partial charge in [-0.2, -0.15) is 0 Å². The minimum atomic E-state index is -0.243. The summed E-state index contributed by atoms with van der Waals surface area (Å²) in [6.45, 7) is 5.78. The van der Waals surface area contributed by atoms with Gasteiger partial charge in [0.05, 0.1) is 12.2 Å². The normalized spacial score (nSPS) is 26.2. The Morgan fingerprint density at radius 3 is 2.36 bits per heavy atom. The maximum Gasteiger partial charge on any atom is 0.0825 e. The Bertz CT molecular complexity index is 121.